The van der Waals surface area contributed by atoms with Gasteiger partial charge in [0.15, 0.2) is 6.10 Å². The Morgan fingerprint density at radius 2 is 0.549 bits per heavy atom. The van der Waals surface area contributed by atoms with E-state index in [-0.39, 0.29) is 31.1 Å². The third kappa shape index (κ3) is 58.4. The maximum Gasteiger partial charge on any atom is 0.306 e. The maximum atomic E-state index is 12.9. The molecule has 6 heteroatoms. The number of esters is 3. The molecule has 0 aliphatic carbocycles. The first kappa shape index (κ1) is 68.6. The van der Waals surface area contributed by atoms with Crippen LogP contribution in [0.2, 0.25) is 0 Å². The summed E-state index contributed by atoms with van der Waals surface area (Å²) in [5, 5.41) is 0. The highest BCUT2D eigenvalue weighted by atomic mass is 16.6. The quantitative estimate of drug-likeness (QED) is 0.0261. The summed E-state index contributed by atoms with van der Waals surface area (Å²) in [6.07, 6.45) is 72.8. The minimum Gasteiger partial charge on any atom is -0.462 e. The molecular formula is C65H120O6. The molecule has 0 aliphatic rings. The fraction of sp³-hybridized carbons (Fsp3) is 0.862. The number of rotatable bonds is 58. The van der Waals surface area contributed by atoms with E-state index in [0.717, 1.165) is 77.0 Å². The Kier molecular flexibility index (Phi) is 58.2. The lowest BCUT2D eigenvalue weighted by Crippen LogP contribution is -2.30. The second-order valence-electron chi connectivity index (χ2n) is 21.3. The van der Waals surface area contributed by atoms with E-state index >= 15 is 0 Å². The Morgan fingerprint density at radius 1 is 0.296 bits per heavy atom. The van der Waals surface area contributed by atoms with Crippen LogP contribution in [0.5, 0.6) is 0 Å². The summed E-state index contributed by atoms with van der Waals surface area (Å²) in [5.74, 6) is -0.847. The van der Waals surface area contributed by atoms with E-state index in [2.05, 4.69) is 57.2 Å². The Morgan fingerprint density at radius 3 is 0.859 bits per heavy atom. The van der Waals surface area contributed by atoms with Gasteiger partial charge in [0.2, 0.25) is 0 Å². The first-order valence-corrected chi connectivity index (χ1v) is 31.5. The van der Waals surface area contributed by atoms with Gasteiger partial charge in [-0.3, -0.25) is 14.4 Å². The fourth-order valence-corrected chi connectivity index (χ4v) is 9.46. The van der Waals surface area contributed by atoms with Crippen LogP contribution in [0.25, 0.3) is 0 Å². The summed E-state index contributed by atoms with van der Waals surface area (Å²) in [6, 6.07) is 0. The number of hydrogen-bond acceptors (Lipinski definition) is 6. The van der Waals surface area contributed by atoms with Crippen molar-refractivity contribution < 1.29 is 28.6 Å². The monoisotopic (exact) mass is 997 g/mol. The van der Waals surface area contributed by atoms with Crippen molar-refractivity contribution in [2.24, 2.45) is 0 Å². The first-order valence-electron chi connectivity index (χ1n) is 31.5. The van der Waals surface area contributed by atoms with Gasteiger partial charge in [-0.2, -0.15) is 0 Å². The lowest BCUT2D eigenvalue weighted by atomic mass is 10.0. The summed E-state index contributed by atoms with van der Waals surface area (Å²) in [7, 11) is 0. The molecule has 0 bridgehead atoms. The van der Waals surface area contributed by atoms with Crippen molar-refractivity contribution in [2.75, 3.05) is 13.2 Å². The second kappa shape index (κ2) is 60.2. The van der Waals surface area contributed by atoms with Crippen LogP contribution < -0.4 is 0 Å². The molecular weight excluding hydrogens is 877 g/mol. The Labute approximate surface area is 442 Å². The summed E-state index contributed by atoms with van der Waals surface area (Å²) in [6.45, 7) is 6.59. The van der Waals surface area contributed by atoms with Crippen LogP contribution in [-0.4, -0.2) is 37.2 Å². The lowest BCUT2D eigenvalue weighted by molar-refractivity contribution is -0.167. The van der Waals surface area contributed by atoms with Crippen molar-refractivity contribution in [3.8, 4) is 0 Å². The largest absolute Gasteiger partial charge is 0.462 e. The standard InChI is InChI=1S/C65H120O6/c1-4-7-10-13-16-19-22-25-28-31-33-35-37-40-43-46-49-52-55-58-64(67)70-61-62(60-69-63(66)57-54-51-48-45-42-39-36-30-27-24-21-18-15-12-9-6-3)71-65(68)59-56-53-50-47-44-41-38-34-32-29-26-23-20-17-14-11-8-5-2/h7,10,16,19,25,28,62H,4-6,8-9,11-15,17-18,20-24,26-27,29-61H2,1-3H3/b10-7-,19-16-,28-25-. The highest BCUT2D eigenvalue weighted by Crippen LogP contribution is 2.18. The van der Waals surface area contributed by atoms with E-state index in [1.54, 1.807) is 0 Å². The van der Waals surface area contributed by atoms with Crippen LogP contribution >= 0.6 is 0 Å². The highest BCUT2D eigenvalue weighted by molar-refractivity contribution is 5.71. The van der Waals surface area contributed by atoms with Crippen LogP contribution in [0.1, 0.15) is 342 Å². The molecule has 71 heavy (non-hydrogen) atoms. The van der Waals surface area contributed by atoms with Gasteiger partial charge < -0.3 is 14.2 Å². The number of carbonyl (C=O) groups excluding carboxylic acids is 3. The molecule has 0 saturated heterocycles. The van der Waals surface area contributed by atoms with Gasteiger partial charge in [-0.15, -0.1) is 0 Å². The predicted molar refractivity (Wildman–Crippen MR) is 307 cm³/mol. The fourth-order valence-electron chi connectivity index (χ4n) is 9.46. The molecule has 0 N–H and O–H groups in total. The van der Waals surface area contributed by atoms with Gasteiger partial charge >= 0.3 is 17.9 Å². The molecule has 0 saturated carbocycles. The van der Waals surface area contributed by atoms with E-state index in [1.807, 2.05) is 0 Å². The third-order valence-corrected chi connectivity index (χ3v) is 14.2. The van der Waals surface area contributed by atoms with Gasteiger partial charge in [0.25, 0.3) is 0 Å². The van der Waals surface area contributed by atoms with Gasteiger partial charge in [-0.25, -0.2) is 0 Å². The number of hydrogen-bond donors (Lipinski definition) is 0. The lowest BCUT2D eigenvalue weighted by Gasteiger charge is -2.18. The summed E-state index contributed by atoms with van der Waals surface area (Å²) in [5.41, 5.74) is 0. The molecule has 0 aromatic heterocycles. The zero-order valence-corrected chi connectivity index (χ0v) is 47.8. The van der Waals surface area contributed by atoms with Crippen LogP contribution in [0.3, 0.4) is 0 Å². The average molecular weight is 998 g/mol. The smallest absolute Gasteiger partial charge is 0.306 e. The predicted octanol–water partition coefficient (Wildman–Crippen LogP) is 21.2. The van der Waals surface area contributed by atoms with Gasteiger partial charge in [0.1, 0.15) is 13.2 Å². The number of allylic oxidation sites excluding steroid dienone is 6. The summed E-state index contributed by atoms with van der Waals surface area (Å²) < 4.78 is 16.9. The maximum absolute atomic E-state index is 12.9. The van der Waals surface area contributed by atoms with E-state index in [1.165, 1.54) is 225 Å². The molecule has 416 valence electrons. The molecule has 0 aliphatic heterocycles. The first-order chi connectivity index (χ1) is 35.0. The normalized spacial score (nSPS) is 12.2. The SMILES string of the molecule is CC/C=C\C/C=C\C/C=C\CCCCCCCCCCCC(=O)OCC(COC(=O)CCCCCCCCCCCCCCCCCC)OC(=O)CCCCCCCCCCCCCCCCCCCC. The van der Waals surface area contributed by atoms with Gasteiger partial charge in [-0.1, -0.05) is 308 Å². The summed E-state index contributed by atoms with van der Waals surface area (Å²) >= 11 is 0. The average Bonchev–Trinajstić information content (AvgIpc) is 3.37. The number of carbonyl (C=O) groups is 3. The Balaban J connectivity index is 4.32. The molecule has 0 aromatic rings. The molecule has 0 aromatic carbocycles. The van der Waals surface area contributed by atoms with Crippen LogP contribution in [0.15, 0.2) is 36.5 Å². The molecule has 0 radical (unpaired) electrons. The van der Waals surface area contributed by atoms with Gasteiger partial charge in [-0.05, 0) is 51.4 Å². The van der Waals surface area contributed by atoms with E-state index in [4.69, 9.17) is 14.2 Å². The van der Waals surface area contributed by atoms with E-state index in [9.17, 15) is 14.4 Å². The van der Waals surface area contributed by atoms with Crippen molar-refractivity contribution >= 4 is 17.9 Å². The van der Waals surface area contributed by atoms with Gasteiger partial charge in [0, 0.05) is 19.3 Å². The van der Waals surface area contributed by atoms with Crippen molar-refractivity contribution in [3.63, 3.8) is 0 Å². The molecule has 1 atom stereocenters. The minimum atomic E-state index is -0.770. The minimum absolute atomic E-state index is 0.0679. The molecule has 0 spiro atoms. The topological polar surface area (TPSA) is 78.9 Å². The highest BCUT2D eigenvalue weighted by Gasteiger charge is 2.19. The van der Waals surface area contributed by atoms with E-state index in [0.29, 0.717) is 19.3 Å². The van der Waals surface area contributed by atoms with Crippen molar-refractivity contribution in [1.82, 2.24) is 0 Å². The zero-order valence-electron chi connectivity index (χ0n) is 47.8. The Hall–Kier alpha value is -2.37. The molecule has 0 rings (SSSR count). The third-order valence-electron chi connectivity index (χ3n) is 14.2. The van der Waals surface area contributed by atoms with Crippen molar-refractivity contribution in [3.05, 3.63) is 36.5 Å². The molecule has 0 fully saturated rings. The van der Waals surface area contributed by atoms with E-state index < -0.39 is 6.10 Å². The van der Waals surface area contributed by atoms with Crippen molar-refractivity contribution in [1.29, 1.82) is 0 Å². The number of ether oxygens (including phenoxy) is 3. The molecule has 1 unspecified atom stereocenters. The van der Waals surface area contributed by atoms with Crippen molar-refractivity contribution in [2.45, 2.75) is 348 Å². The Bertz CT molecular complexity index is 1190. The molecule has 6 nitrogen and oxygen atoms in total. The molecule has 0 amide bonds. The molecule has 0 heterocycles. The van der Waals surface area contributed by atoms with Crippen LogP contribution in [0.4, 0.5) is 0 Å². The second-order valence-corrected chi connectivity index (χ2v) is 21.3. The van der Waals surface area contributed by atoms with Gasteiger partial charge in [0.05, 0.1) is 0 Å². The van der Waals surface area contributed by atoms with Crippen LogP contribution in [0, 0.1) is 0 Å². The zero-order chi connectivity index (χ0) is 51.4. The number of unbranched alkanes of at least 4 members (excludes halogenated alkanes) is 41. The summed E-state index contributed by atoms with van der Waals surface area (Å²) in [4.78, 5) is 38.3. The van der Waals surface area contributed by atoms with Crippen LogP contribution in [-0.2, 0) is 28.6 Å².